The van der Waals surface area contributed by atoms with Crippen LogP contribution >= 0.6 is 0 Å². The molecule has 0 aromatic carbocycles. The minimum absolute atomic E-state index is 0.0112. The van der Waals surface area contributed by atoms with Gasteiger partial charge in [0.15, 0.2) is 5.78 Å². The molecule has 4 saturated carbocycles. The fourth-order valence-electron chi connectivity index (χ4n) is 10.7. The van der Waals surface area contributed by atoms with Crippen molar-refractivity contribution >= 4 is 17.5 Å². The Morgan fingerprint density at radius 3 is 2.19 bits per heavy atom. The van der Waals surface area contributed by atoms with Crippen LogP contribution in [0.1, 0.15) is 99.8 Å². The summed E-state index contributed by atoms with van der Waals surface area (Å²) in [6, 6.07) is 2.19. The summed E-state index contributed by atoms with van der Waals surface area (Å²) in [6.07, 6.45) is 8.47. The molecule has 0 radical (unpaired) electrons. The van der Waals surface area contributed by atoms with E-state index in [0.29, 0.717) is 6.42 Å². The molecule has 8 atom stereocenters. The van der Waals surface area contributed by atoms with Crippen molar-refractivity contribution in [3.63, 3.8) is 0 Å². The number of hydrogen-bond acceptors (Lipinski definition) is 4. The summed E-state index contributed by atoms with van der Waals surface area (Å²) in [4.78, 5) is 40.6. The van der Waals surface area contributed by atoms with E-state index in [2.05, 4.69) is 40.7 Å². The smallest absolute Gasteiger partial charge is 0.223 e. The Morgan fingerprint density at radius 1 is 0.944 bits per heavy atom. The molecule has 0 aromatic rings. The lowest BCUT2D eigenvalue weighted by Gasteiger charge is -2.71. The molecule has 5 nitrogen and oxygen atoms in total. The van der Waals surface area contributed by atoms with Gasteiger partial charge in [-0.2, -0.15) is 5.26 Å². The Balaban J connectivity index is 1.65. The highest BCUT2D eigenvalue weighted by Crippen LogP contribution is 2.75. The normalized spacial score (nSPS) is 48.9. The first kappa shape index (κ1) is 25.7. The predicted molar refractivity (Wildman–Crippen MR) is 138 cm³/mol. The Bertz CT molecular complexity index is 1130. The molecule has 5 aliphatic carbocycles. The van der Waals surface area contributed by atoms with Gasteiger partial charge in [-0.05, 0) is 84.4 Å². The number of allylic oxidation sites excluding steroid dienone is 2. The van der Waals surface area contributed by atoms with E-state index in [1.165, 1.54) is 0 Å². The van der Waals surface area contributed by atoms with E-state index in [1.54, 1.807) is 0 Å². The number of nitrogens with zero attached hydrogens (tertiary/aromatic N) is 1. The third-order valence-corrected chi connectivity index (χ3v) is 13.0. The molecule has 0 spiro atoms. The van der Waals surface area contributed by atoms with Gasteiger partial charge in [0.2, 0.25) is 5.91 Å². The van der Waals surface area contributed by atoms with E-state index in [1.807, 2.05) is 19.9 Å². The first-order valence-electron chi connectivity index (χ1n) is 14.0. The molecule has 5 aliphatic rings. The number of ketones is 2. The molecule has 196 valence electrons. The zero-order valence-corrected chi connectivity index (χ0v) is 23.3. The maximum absolute atomic E-state index is 14.4. The summed E-state index contributed by atoms with van der Waals surface area (Å²) in [5, 5.41) is 9.86. The lowest BCUT2D eigenvalue weighted by Crippen LogP contribution is -2.69. The molecule has 4 fully saturated rings. The third kappa shape index (κ3) is 2.91. The Labute approximate surface area is 216 Å². The zero-order valence-electron chi connectivity index (χ0n) is 23.3. The van der Waals surface area contributed by atoms with E-state index in [0.717, 1.165) is 44.9 Å². The van der Waals surface area contributed by atoms with Gasteiger partial charge in [0.1, 0.15) is 11.9 Å². The Hall–Kier alpha value is -1.96. The summed E-state index contributed by atoms with van der Waals surface area (Å²) >= 11 is 0. The fourth-order valence-corrected chi connectivity index (χ4v) is 10.7. The maximum Gasteiger partial charge on any atom is 0.223 e. The number of fused-ring (bicyclic) bond motifs is 7. The number of nitriles is 1. The Morgan fingerprint density at radius 2 is 1.58 bits per heavy atom. The van der Waals surface area contributed by atoms with Crippen LogP contribution in [-0.2, 0) is 14.4 Å². The van der Waals surface area contributed by atoms with Crippen LogP contribution in [0.15, 0.2) is 11.6 Å². The summed E-state index contributed by atoms with van der Waals surface area (Å²) in [7, 11) is 0. The molecule has 0 aliphatic heterocycles. The molecular weight excluding hydrogens is 448 g/mol. The number of nitrogens with two attached hydrogens (primary N) is 1. The third-order valence-electron chi connectivity index (χ3n) is 13.0. The molecule has 0 heterocycles. The number of Topliss-reactive ketones (excluding diaryl/α,β-unsaturated/α-hetero) is 2. The van der Waals surface area contributed by atoms with Gasteiger partial charge < -0.3 is 5.73 Å². The van der Waals surface area contributed by atoms with Crippen LogP contribution < -0.4 is 5.73 Å². The molecule has 1 amide bonds. The molecule has 2 unspecified atom stereocenters. The first-order chi connectivity index (χ1) is 16.5. The summed E-state index contributed by atoms with van der Waals surface area (Å²) in [5.41, 5.74) is 4.50. The van der Waals surface area contributed by atoms with Crippen molar-refractivity contribution in [3.8, 4) is 6.07 Å². The summed E-state index contributed by atoms with van der Waals surface area (Å²) in [5.74, 6) is -0.0178. The number of carbonyl (C=O) groups is 3. The second-order valence-corrected chi connectivity index (χ2v) is 15.2. The molecule has 5 rings (SSSR count). The fraction of sp³-hybridized carbons (Fsp3) is 0.806. The largest absolute Gasteiger partial charge is 0.369 e. The van der Waals surface area contributed by atoms with Crippen LogP contribution in [0.5, 0.6) is 0 Å². The number of primary amides is 1. The Kier molecular flexibility index (Phi) is 5.23. The molecule has 2 N–H and O–H groups in total. The quantitative estimate of drug-likeness (QED) is 0.502. The van der Waals surface area contributed by atoms with Gasteiger partial charge in [-0.1, -0.05) is 54.5 Å². The number of carbonyl (C=O) groups excluding carboxylic acids is 3. The topological polar surface area (TPSA) is 101 Å². The van der Waals surface area contributed by atoms with E-state index in [9.17, 15) is 19.6 Å². The van der Waals surface area contributed by atoms with Gasteiger partial charge in [-0.25, -0.2) is 0 Å². The van der Waals surface area contributed by atoms with Crippen molar-refractivity contribution < 1.29 is 14.4 Å². The molecule has 5 heteroatoms. The number of amides is 1. The van der Waals surface area contributed by atoms with Crippen LogP contribution in [0.4, 0.5) is 0 Å². The van der Waals surface area contributed by atoms with Crippen molar-refractivity contribution in [2.45, 2.75) is 99.8 Å². The highest BCUT2D eigenvalue weighted by molar-refractivity contribution is 6.04. The molecule has 36 heavy (non-hydrogen) atoms. The molecular formula is C31H44N2O3. The average molecular weight is 493 g/mol. The number of rotatable bonds is 1. The average Bonchev–Trinajstić information content (AvgIpc) is 2.77. The minimum atomic E-state index is -0.627. The van der Waals surface area contributed by atoms with Crippen molar-refractivity contribution in [1.82, 2.24) is 0 Å². The van der Waals surface area contributed by atoms with Gasteiger partial charge in [-0.15, -0.1) is 0 Å². The van der Waals surface area contributed by atoms with Crippen LogP contribution in [0.3, 0.4) is 0 Å². The van der Waals surface area contributed by atoms with Crippen molar-refractivity contribution in [1.29, 1.82) is 5.26 Å². The monoisotopic (exact) mass is 492 g/mol. The molecule has 0 bridgehead atoms. The summed E-state index contributed by atoms with van der Waals surface area (Å²) in [6.45, 7) is 15.4. The SMILES string of the molecule is CC1(C)CC[C@]2(C(N)=O)CC[C@]3(C)C(C(=O)C[C@@H]4[C@@]5(C)C=C(C#N)C(=O)C(C)(C)[C@@H]5CC[C@]43C)C2C1. The lowest BCUT2D eigenvalue weighted by molar-refractivity contribution is -0.221. The van der Waals surface area contributed by atoms with E-state index in [4.69, 9.17) is 5.73 Å². The van der Waals surface area contributed by atoms with Crippen molar-refractivity contribution in [2.75, 3.05) is 0 Å². The van der Waals surface area contributed by atoms with Crippen LogP contribution in [-0.4, -0.2) is 17.5 Å². The number of hydrogen-bond donors (Lipinski definition) is 1. The summed E-state index contributed by atoms with van der Waals surface area (Å²) < 4.78 is 0. The minimum Gasteiger partial charge on any atom is -0.369 e. The molecule has 0 aromatic heterocycles. The molecule has 0 saturated heterocycles. The lowest BCUT2D eigenvalue weighted by atomic mass is 9.31. The van der Waals surface area contributed by atoms with Crippen LogP contribution in [0, 0.1) is 67.5 Å². The van der Waals surface area contributed by atoms with Gasteiger partial charge in [-0.3, -0.25) is 14.4 Å². The van der Waals surface area contributed by atoms with Crippen LogP contribution in [0.25, 0.3) is 0 Å². The second kappa shape index (κ2) is 7.33. The maximum atomic E-state index is 14.4. The second-order valence-electron chi connectivity index (χ2n) is 15.2. The van der Waals surface area contributed by atoms with Gasteiger partial charge >= 0.3 is 0 Å². The van der Waals surface area contributed by atoms with Crippen molar-refractivity contribution in [2.24, 2.45) is 61.9 Å². The van der Waals surface area contributed by atoms with Gasteiger partial charge in [0.25, 0.3) is 0 Å². The van der Waals surface area contributed by atoms with Crippen LogP contribution in [0.2, 0.25) is 0 Å². The van der Waals surface area contributed by atoms with Crippen molar-refractivity contribution in [3.05, 3.63) is 11.6 Å². The first-order valence-corrected chi connectivity index (χ1v) is 14.0. The highest BCUT2D eigenvalue weighted by Gasteiger charge is 2.72. The van der Waals surface area contributed by atoms with E-state index < -0.39 is 16.2 Å². The van der Waals surface area contributed by atoms with Gasteiger partial charge in [0, 0.05) is 17.8 Å². The predicted octanol–water partition coefficient (Wildman–Crippen LogP) is 5.77. The zero-order chi connectivity index (χ0) is 26.7. The standard InChI is InChI=1S/C31H44N2O3/c1-26(2)10-12-31(25(33)36)13-11-30(7)23(19(31)16-26)20(34)14-22-28(5)15-18(17-32)24(35)27(3,4)21(28)8-9-29(22,30)6/h15,19,21-23H,8-14,16H2,1-7H3,(H2,33,36)/t19?,21-,22+,23?,28-,29+,30+,31-/m0/s1. The van der Waals surface area contributed by atoms with Gasteiger partial charge in [0.05, 0.1) is 11.0 Å². The van der Waals surface area contributed by atoms with E-state index >= 15 is 0 Å². The van der Waals surface area contributed by atoms with E-state index in [-0.39, 0.29) is 63.0 Å². The highest BCUT2D eigenvalue weighted by atomic mass is 16.1.